The van der Waals surface area contributed by atoms with Crippen molar-refractivity contribution in [1.82, 2.24) is 10.6 Å². The van der Waals surface area contributed by atoms with Crippen molar-refractivity contribution < 1.29 is 14.3 Å². The number of aliphatic hydroxyl groups is 1. The number of urea groups is 1. The maximum Gasteiger partial charge on any atom is 0.315 e. The summed E-state index contributed by atoms with van der Waals surface area (Å²) in [6.07, 6.45) is 0.829. The van der Waals surface area contributed by atoms with E-state index in [2.05, 4.69) is 10.6 Å². The maximum absolute atomic E-state index is 13.6. The Balaban J connectivity index is 2.43. The van der Waals surface area contributed by atoms with Gasteiger partial charge in [-0.15, -0.1) is 0 Å². The minimum absolute atomic E-state index is 0.0218. The van der Waals surface area contributed by atoms with Gasteiger partial charge in [0.1, 0.15) is 5.82 Å². The Bertz CT molecular complexity index is 449. The molecule has 118 valence electrons. The number of hydrogen-bond acceptors (Lipinski definition) is 2. The highest BCUT2D eigenvalue weighted by Gasteiger charge is 2.15. The molecule has 0 bridgehead atoms. The van der Waals surface area contributed by atoms with Gasteiger partial charge >= 0.3 is 6.03 Å². The predicted molar refractivity (Wildman–Crippen MR) is 82.0 cm³/mol. The fourth-order valence-electron chi connectivity index (χ4n) is 2.00. The largest absolute Gasteiger partial charge is 0.396 e. The third kappa shape index (κ3) is 5.89. The highest BCUT2D eigenvalue weighted by Crippen LogP contribution is 2.18. The number of amides is 2. The van der Waals surface area contributed by atoms with Crippen molar-refractivity contribution in [2.24, 2.45) is 5.92 Å². The van der Waals surface area contributed by atoms with E-state index >= 15 is 0 Å². The normalized spacial score (nSPS) is 12.3. The lowest BCUT2D eigenvalue weighted by Crippen LogP contribution is -2.45. The molecule has 0 aliphatic carbocycles. The molecule has 4 nitrogen and oxygen atoms in total. The van der Waals surface area contributed by atoms with Crippen LogP contribution in [0, 0.1) is 11.7 Å². The fraction of sp³-hybridized carbons (Fsp3) is 0.533. The molecule has 1 aromatic carbocycles. The number of aliphatic hydroxyl groups excluding tert-OH is 1. The van der Waals surface area contributed by atoms with E-state index < -0.39 is 0 Å². The van der Waals surface area contributed by atoms with Crippen LogP contribution in [0.3, 0.4) is 0 Å². The first-order valence-electron chi connectivity index (χ1n) is 7.03. The molecule has 1 unspecified atom stereocenters. The van der Waals surface area contributed by atoms with Gasteiger partial charge in [0.2, 0.25) is 0 Å². The Morgan fingerprint density at radius 2 is 2.14 bits per heavy atom. The number of halogens is 2. The van der Waals surface area contributed by atoms with Crippen molar-refractivity contribution in [2.45, 2.75) is 32.7 Å². The van der Waals surface area contributed by atoms with Gasteiger partial charge in [0.25, 0.3) is 0 Å². The van der Waals surface area contributed by atoms with Gasteiger partial charge in [-0.25, -0.2) is 9.18 Å². The quantitative estimate of drug-likeness (QED) is 0.724. The summed E-state index contributed by atoms with van der Waals surface area (Å²) in [4.78, 5) is 11.8. The smallest absolute Gasteiger partial charge is 0.315 e. The van der Waals surface area contributed by atoms with E-state index in [1.165, 1.54) is 6.07 Å². The Morgan fingerprint density at radius 3 is 2.71 bits per heavy atom. The van der Waals surface area contributed by atoms with Gasteiger partial charge in [-0.3, -0.25) is 0 Å². The van der Waals surface area contributed by atoms with Crippen LogP contribution in [0.25, 0.3) is 0 Å². The lowest BCUT2D eigenvalue weighted by atomic mass is 10.0. The SMILES string of the molecule is CC(C)C(CCO)NC(=O)NCCc1c(F)cccc1Cl. The molecule has 3 N–H and O–H groups in total. The van der Waals surface area contributed by atoms with Gasteiger partial charge in [-0.2, -0.15) is 0 Å². The van der Waals surface area contributed by atoms with Gasteiger partial charge in [0.05, 0.1) is 0 Å². The molecule has 0 saturated carbocycles. The van der Waals surface area contributed by atoms with E-state index in [4.69, 9.17) is 16.7 Å². The van der Waals surface area contributed by atoms with Crippen LogP contribution in [0.1, 0.15) is 25.8 Å². The predicted octanol–water partition coefficient (Wildman–Crippen LogP) is 2.73. The molecule has 1 atom stereocenters. The van der Waals surface area contributed by atoms with E-state index in [-0.39, 0.29) is 37.0 Å². The minimum atomic E-state index is -0.370. The molecule has 1 aromatic rings. The zero-order chi connectivity index (χ0) is 15.8. The van der Waals surface area contributed by atoms with E-state index in [9.17, 15) is 9.18 Å². The third-order valence-electron chi connectivity index (χ3n) is 3.28. The molecule has 6 heteroatoms. The molecule has 2 amide bonds. The average molecular weight is 317 g/mol. The second-order valence-electron chi connectivity index (χ2n) is 5.21. The second kappa shape index (κ2) is 8.85. The van der Waals surface area contributed by atoms with Gasteiger partial charge < -0.3 is 15.7 Å². The zero-order valence-electron chi connectivity index (χ0n) is 12.3. The fourth-order valence-corrected chi connectivity index (χ4v) is 2.26. The Morgan fingerprint density at radius 1 is 1.43 bits per heavy atom. The third-order valence-corrected chi connectivity index (χ3v) is 3.64. The van der Waals surface area contributed by atoms with Crippen LogP contribution in [0.2, 0.25) is 5.02 Å². The van der Waals surface area contributed by atoms with Gasteiger partial charge in [0, 0.05) is 29.8 Å². The molecule has 21 heavy (non-hydrogen) atoms. The van der Waals surface area contributed by atoms with E-state index in [1.54, 1.807) is 12.1 Å². The van der Waals surface area contributed by atoms with E-state index in [0.29, 0.717) is 23.4 Å². The highest BCUT2D eigenvalue weighted by atomic mass is 35.5. The van der Waals surface area contributed by atoms with Crippen molar-refractivity contribution in [3.05, 3.63) is 34.6 Å². The summed E-state index contributed by atoms with van der Waals surface area (Å²) < 4.78 is 13.6. The Kier molecular flexibility index (Phi) is 7.47. The maximum atomic E-state index is 13.6. The molecule has 0 radical (unpaired) electrons. The van der Waals surface area contributed by atoms with Crippen molar-refractivity contribution in [2.75, 3.05) is 13.2 Å². The number of rotatable bonds is 7. The molecule has 0 aromatic heterocycles. The number of nitrogens with one attached hydrogen (secondary N) is 2. The van der Waals surface area contributed by atoms with Crippen LogP contribution in [0.15, 0.2) is 18.2 Å². The van der Waals surface area contributed by atoms with Gasteiger partial charge in [0.15, 0.2) is 0 Å². The lowest BCUT2D eigenvalue weighted by Gasteiger charge is -2.21. The number of benzene rings is 1. The first kappa shape index (κ1) is 17.7. The zero-order valence-corrected chi connectivity index (χ0v) is 13.1. The summed E-state index contributed by atoms with van der Waals surface area (Å²) in [5.74, 6) is -0.144. The topological polar surface area (TPSA) is 61.4 Å². The molecule has 0 aliphatic heterocycles. The summed E-state index contributed by atoms with van der Waals surface area (Å²) in [6.45, 7) is 4.25. The van der Waals surface area contributed by atoms with Crippen molar-refractivity contribution >= 4 is 17.6 Å². The van der Waals surface area contributed by atoms with Crippen LogP contribution in [0.5, 0.6) is 0 Å². The molecule has 0 heterocycles. The summed E-state index contributed by atoms with van der Waals surface area (Å²) in [7, 11) is 0. The summed E-state index contributed by atoms with van der Waals surface area (Å²) in [5.41, 5.74) is 0.398. The summed E-state index contributed by atoms with van der Waals surface area (Å²) in [6, 6.07) is 4.10. The first-order chi connectivity index (χ1) is 9.95. The number of hydrogen-bond donors (Lipinski definition) is 3. The Labute approximate surface area is 129 Å². The minimum Gasteiger partial charge on any atom is -0.396 e. The number of carbonyl (C=O) groups is 1. The van der Waals surface area contributed by atoms with Crippen molar-refractivity contribution in [3.8, 4) is 0 Å². The summed E-state index contributed by atoms with van der Waals surface area (Å²) >= 11 is 5.92. The van der Waals surface area contributed by atoms with Gasteiger partial charge in [-0.1, -0.05) is 31.5 Å². The van der Waals surface area contributed by atoms with Crippen LogP contribution in [-0.2, 0) is 6.42 Å². The lowest BCUT2D eigenvalue weighted by molar-refractivity contribution is 0.219. The molecule has 0 aliphatic rings. The molecule has 0 spiro atoms. The summed E-state index contributed by atoms with van der Waals surface area (Å²) in [5, 5.41) is 14.8. The first-order valence-corrected chi connectivity index (χ1v) is 7.41. The average Bonchev–Trinajstić information content (AvgIpc) is 2.41. The molecule has 1 rings (SSSR count). The molecular formula is C15H22ClFN2O2. The second-order valence-corrected chi connectivity index (χ2v) is 5.62. The monoisotopic (exact) mass is 316 g/mol. The van der Waals surface area contributed by atoms with E-state index in [1.807, 2.05) is 13.8 Å². The van der Waals surface area contributed by atoms with Crippen LogP contribution in [0.4, 0.5) is 9.18 Å². The molecule has 0 saturated heterocycles. The molecule has 0 fully saturated rings. The van der Waals surface area contributed by atoms with Crippen LogP contribution in [-0.4, -0.2) is 30.3 Å². The standard InChI is InChI=1S/C15H22ClFN2O2/c1-10(2)14(7-9-20)19-15(21)18-8-6-11-12(16)4-3-5-13(11)17/h3-5,10,14,20H,6-9H2,1-2H3,(H2,18,19,21). The highest BCUT2D eigenvalue weighted by molar-refractivity contribution is 6.31. The van der Waals surface area contributed by atoms with Crippen molar-refractivity contribution in [1.29, 1.82) is 0 Å². The Hall–Kier alpha value is -1.33. The number of carbonyl (C=O) groups excluding carboxylic acids is 1. The van der Waals surface area contributed by atoms with Crippen molar-refractivity contribution in [3.63, 3.8) is 0 Å². The van der Waals surface area contributed by atoms with Crippen LogP contribution >= 0.6 is 11.6 Å². The molecular weight excluding hydrogens is 295 g/mol. The van der Waals surface area contributed by atoms with E-state index in [0.717, 1.165) is 0 Å². The van der Waals surface area contributed by atoms with Gasteiger partial charge in [-0.05, 0) is 30.9 Å². The van der Waals surface area contributed by atoms with Crippen LogP contribution < -0.4 is 10.6 Å².